The number of alkyl halides is 4. The second-order valence-electron chi connectivity index (χ2n) is 11.1. The van der Waals surface area contributed by atoms with E-state index in [1.165, 1.54) is 36.2 Å². The molecule has 0 radical (unpaired) electrons. The zero-order valence-electron chi connectivity index (χ0n) is 25.7. The van der Waals surface area contributed by atoms with Gasteiger partial charge in [-0.1, -0.05) is 115 Å². The average Bonchev–Trinajstić information content (AvgIpc) is 3.04. The molecule has 0 heterocycles. The van der Waals surface area contributed by atoms with E-state index in [1.807, 2.05) is 12.1 Å². The first-order valence-electron chi connectivity index (χ1n) is 14.6. The number of rotatable bonds is 13. The molecule has 244 valence electrons. The molecule has 0 bridgehead atoms. The van der Waals surface area contributed by atoms with E-state index in [2.05, 4.69) is 0 Å². The van der Waals surface area contributed by atoms with E-state index in [-0.39, 0.29) is 31.6 Å². The third-order valence-electron chi connectivity index (χ3n) is 8.01. The summed E-state index contributed by atoms with van der Waals surface area (Å²) >= 11 is 6.90. The zero-order valence-corrected chi connectivity index (χ0v) is 27.3. The predicted molar refractivity (Wildman–Crippen MR) is 174 cm³/mol. The van der Waals surface area contributed by atoms with Crippen LogP contribution in [-0.4, -0.2) is 56.2 Å². The molecular weight excluding hydrogens is 637 g/mol. The minimum Gasteiger partial charge on any atom is -0.494 e. The van der Waals surface area contributed by atoms with E-state index < -0.39 is 32.6 Å². The molecule has 46 heavy (non-hydrogen) atoms. The van der Waals surface area contributed by atoms with Gasteiger partial charge in [-0.15, -0.1) is 0 Å². The molecule has 1 unspecified atom stereocenters. The van der Waals surface area contributed by atoms with Crippen LogP contribution in [0.5, 0.6) is 5.75 Å². The highest BCUT2D eigenvalue weighted by atomic mass is 35.5. The van der Waals surface area contributed by atoms with Gasteiger partial charge in [0.1, 0.15) is 5.75 Å². The Kier molecular flexibility index (Phi) is 10.9. The molecule has 4 rings (SSSR count). The lowest BCUT2D eigenvalue weighted by Crippen LogP contribution is -2.60. The number of ether oxygens (including phenoxy) is 1. The quantitative estimate of drug-likeness (QED) is 0.0845. The monoisotopic (exact) mass is 672 g/mol. The lowest BCUT2D eigenvalue weighted by atomic mass is 9.80. The summed E-state index contributed by atoms with van der Waals surface area (Å²) in [5.41, 5.74) is 0.343. The first-order chi connectivity index (χ1) is 21.7. The van der Waals surface area contributed by atoms with Gasteiger partial charge < -0.3 is 4.74 Å². The van der Waals surface area contributed by atoms with Crippen molar-refractivity contribution in [2.75, 3.05) is 26.5 Å². The number of halogens is 4. The fraction of sp³-hybridized carbons (Fsp3) is 0.286. The number of likely N-dealkylation sites (N-methyl/N-ethyl adjacent to an activating group) is 1. The number of sulfonamides is 1. The highest BCUT2D eigenvalue weighted by Gasteiger charge is 2.62. The van der Waals surface area contributed by atoms with Gasteiger partial charge >= 0.3 is 6.18 Å². The fourth-order valence-corrected chi connectivity index (χ4v) is 6.26. The molecule has 0 fully saturated rings. The van der Waals surface area contributed by atoms with E-state index in [0.29, 0.717) is 26.7 Å². The number of carbonyl (C=O) groups is 1. The molecule has 0 N–H and O–H groups in total. The van der Waals surface area contributed by atoms with Crippen molar-refractivity contribution >= 4 is 27.5 Å². The zero-order chi connectivity index (χ0) is 33.6. The Labute approximate surface area is 273 Å². The van der Waals surface area contributed by atoms with E-state index in [9.17, 15) is 13.2 Å². The van der Waals surface area contributed by atoms with Gasteiger partial charge in [-0.3, -0.25) is 9.69 Å². The smallest absolute Gasteiger partial charge is 0.425 e. The van der Waals surface area contributed by atoms with Gasteiger partial charge in [0.05, 0.1) is 24.8 Å². The van der Waals surface area contributed by atoms with E-state index in [1.54, 1.807) is 85.8 Å². The highest BCUT2D eigenvalue weighted by Crippen LogP contribution is 2.53. The molecule has 1 amide bonds. The van der Waals surface area contributed by atoms with E-state index in [0.717, 1.165) is 6.26 Å². The van der Waals surface area contributed by atoms with Crippen LogP contribution in [0.25, 0.3) is 0 Å². The van der Waals surface area contributed by atoms with Crippen LogP contribution in [0.15, 0.2) is 115 Å². The Morgan fingerprint density at radius 1 is 0.804 bits per heavy atom. The van der Waals surface area contributed by atoms with E-state index in [4.69, 9.17) is 16.3 Å². The maximum atomic E-state index is 15.4. The lowest BCUT2D eigenvalue weighted by molar-refractivity contribution is -0.220. The third-order valence-corrected chi connectivity index (χ3v) is 9.85. The predicted octanol–water partition coefficient (Wildman–Crippen LogP) is 7.34. The molecule has 11 heteroatoms. The minimum atomic E-state index is -4.89. The molecule has 6 nitrogen and oxygen atoms in total. The Morgan fingerprint density at radius 3 is 1.78 bits per heavy atom. The SMILES string of the molecule is CN(C(=O)Cc1cccc(OCCCN(C(C)(c2ccccc2)c2ccccc2)C(Cl)(c2ccccc2)C(F)(F)F)c1)S(C)(=O)=O. The summed E-state index contributed by atoms with van der Waals surface area (Å²) in [6.45, 7) is 1.67. The van der Waals surface area contributed by atoms with Crippen LogP contribution in [0.3, 0.4) is 0 Å². The van der Waals surface area contributed by atoms with E-state index >= 15 is 13.2 Å². The summed E-state index contributed by atoms with van der Waals surface area (Å²) in [6.07, 6.45) is -3.95. The van der Waals surface area contributed by atoms with Crippen LogP contribution in [0, 0.1) is 0 Å². The molecule has 0 saturated carbocycles. The average molecular weight is 673 g/mol. The number of amides is 1. The molecule has 0 spiro atoms. The summed E-state index contributed by atoms with van der Waals surface area (Å²) < 4.78 is 76.2. The standard InChI is InChI=1S/C35H36ClF3N2O4S/c1-33(28-16-7-4-8-17-28,29-18-9-5-10-19-29)41(34(36,35(37,38)39)30-20-11-6-12-21-30)23-14-24-45-31-22-13-15-27(25-31)26-32(42)40(2)46(3,43)44/h4-13,15-22,25H,14,23-24,26H2,1-3H3. The number of hydrogen-bond acceptors (Lipinski definition) is 5. The molecule has 0 aliphatic heterocycles. The van der Waals surface area contributed by atoms with Gasteiger partial charge in [-0.2, -0.15) is 13.2 Å². The molecule has 0 saturated heterocycles. The summed E-state index contributed by atoms with van der Waals surface area (Å²) in [6, 6.07) is 32.0. The van der Waals surface area contributed by atoms with Gasteiger partial charge in [0.15, 0.2) is 0 Å². The third kappa shape index (κ3) is 7.57. The van der Waals surface area contributed by atoms with Gasteiger partial charge in [-0.25, -0.2) is 12.7 Å². The van der Waals surface area contributed by atoms with Gasteiger partial charge in [0, 0.05) is 13.6 Å². The summed E-state index contributed by atoms with van der Waals surface area (Å²) in [5.74, 6) is -0.216. The van der Waals surface area contributed by atoms with Crippen LogP contribution in [0.1, 0.15) is 35.6 Å². The van der Waals surface area contributed by atoms with Crippen LogP contribution >= 0.6 is 11.6 Å². The highest BCUT2D eigenvalue weighted by molar-refractivity contribution is 7.88. The molecule has 0 aromatic heterocycles. The lowest BCUT2D eigenvalue weighted by Gasteiger charge is -2.51. The summed E-state index contributed by atoms with van der Waals surface area (Å²) in [4.78, 5) is 10.8. The summed E-state index contributed by atoms with van der Waals surface area (Å²) in [7, 11) is -2.51. The van der Waals surface area contributed by atoms with Crippen molar-refractivity contribution < 1.29 is 31.1 Å². The summed E-state index contributed by atoms with van der Waals surface area (Å²) in [5, 5.41) is 0. The first-order valence-corrected chi connectivity index (χ1v) is 16.8. The van der Waals surface area contributed by atoms with Crippen molar-refractivity contribution in [3.8, 4) is 5.75 Å². The molecule has 0 aliphatic rings. The number of nitrogens with zero attached hydrogens (tertiary/aromatic N) is 2. The van der Waals surface area contributed by atoms with Gasteiger partial charge in [0.2, 0.25) is 20.9 Å². The van der Waals surface area contributed by atoms with Crippen molar-refractivity contribution in [3.05, 3.63) is 138 Å². The second-order valence-corrected chi connectivity index (χ2v) is 13.7. The van der Waals surface area contributed by atoms with Crippen LogP contribution in [0.4, 0.5) is 13.2 Å². The Morgan fingerprint density at radius 2 is 1.30 bits per heavy atom. The Balaban J connectivity index is 1.68. The van der Waals surface area contributed by atoms with Crippen molar-refractivity contribution in [2.24, 2.45) is 0 Å². The maximum Gasteiger partial charge on any atom is 0.425 e. The number of hydrogen-bond donors (Lipinski definition) is 0. The second kappa shape index (κ2) is 14.3. The number of benzene rings is 4. The van der Waals surface area contributed by atoms with Crippen LogP contribution < -0.4 is 4.74 Å². The number of carbonyl (C=O) groups excluding carboxylic acids is 1. The van der Waals surface area contributed by atoms with Crippen LogP contribution in [0.2, 0.25) is 0 Å². The van der Waals surface area contributed by atoms with Crippen molar-refractivity contribution in [2.45, 2.75) is 36.5 Å². The van der Waals surface area contributed by atoms with Crippen LogP contribution in [-0.2, 0) is 31.8 Å². The minimum absolute atomic E-state index is 0.0381. The normalized spacial score (nSPS) is 13.7. The molecule has 4 aromatic carbocycles. The van der Waals surface area contributed by atoms with Crippen molar-refractivity contribution in [1.29, 1.82) is 0 Å². The molecule has 0 aliphatic carbocycles. The maximum absolute atomic E-state index is 15.4. The van der Waals surface area contributed by atoms with Gasteiger partial charge in [-0.05, 0) is 47.7 Å². The topological polar surface area (TPSA) is 66.9 Å². The Hall–Kier alpha value is -3.86. The fourth-order valence-electron chi connectivity index (χ4n) is 5.45. The van der Waals surface area contributed by atoms with Gasteiger partial charge in [0.25, 0.3) is 0 Å². The first kappa shape index (κ1) is 35.0. The Bertz CT molecular complexity index is 1670. The molecule has 1 atom stereocenters. The molecule has 4 aromatic rings. The van der Waals surface area contributed by atoms with Crippen molar-refractivity contribution in [3.63, 3.8) is 0 Å². The molecular formula is C35H36ClF3N2O4S. The van der Waals surface area contributed by atoms with Crippen molar-refractivity contribution in [1.82, 2.24) is 9.21 Å². The largest absolute Gasteiger partial charge is 0.494 e.